The molecule has 0 aromatic carbocycles. The number of likely N-dealkylation sites (tertiary alicyclic amines) is 1. The molecule has 2 aliphatic rings. The smallest absolute Gasteiger partial charge is 0.237 e. The van der Waals surface area contributed by atoms with Crippen LogP contribution in [0.15, 0.2) is 0 Å². The van der Waals surface area contributed by atoms with Crippen LogP contribution < -0.4 is 10.6 Å². The van der Waals surface area contributed by atoms with E-state index >= 15 is 0 Å². The molecule has 0 radical (unpaired) electrons. The number of amides is 1. The molecule has 2 atom stereocenters. The fraction of sp³-hybridized carbons (Fsp3) is 0.929. The fourth-order valence-electron chi connectivity index (χ4n) is 3.17. The molecule has 2 heterocycles. The number of aliphatic hydroxyl groups excluding tert-OH is 1. The number of piperidine rings is 1. The number of rotatable bonds is 5. The molecule has 2 aliphatic heterocycles. The van der Waals surface area contributed by atoms with Crippen LogP contribution in [0.1, 0.15) is 39.0 Å². The number of nitrogens with one attached hydrogen (secondary N) is 2. The maximum atomic E-state index is 12.2. The molecule has 0 saturated carbocycles. The van der Waals surface area contributed by atoms with E-state index in [1.807, 2.05) is 0 Å². The first kappa shape index (κ1) is 14.8. The highest BCUT2D eigenvalue weighted by Gasteiger charge is 2.35. The molecule has 0 spiro atoms. The van der Waals surface area contributed by atoms with Crippen molar-refractivity contribution in [2.75, 3.05) is 26.2 Å². The number of aliphatic hydroxyl groups is 1. The summed E-state index contributed by atoms with van der Waals surface area (Å²) in [5.74, 6) is 0.150. The van der Waals surface area contributed by atoms with E-state index < -0.39 is 0 Å². The van der Waals surface area contributed by atoms with Crippen LogP contribution in [-0.2, 0) is 4.79 Å². The molecule has 5 heteroatoms. The largest absolute Gasteiger partial charge is 0.393 e. The van der Waals surface area contributed by atoms with E-state index in [-0.39, 0.29) is 18.1 Å². The van der Waals surface area contributed by atoms with Crippen molar-refractivity contribution in [1.29, 1.82) is 0 Å². The van der Waals surface area contributed by atoms with Crippen LogP contribution in [0.3, 0.4) is 0 Å². The van der Waals surface area contributed by atoms with Gasteiger partial charge < -0.3 is 15.7 Å². The molecule has 1 amide bonds. The number of hydrogen-bond donors (Lipinski definition) is 3. The third-order valence-corrected chi connectivity index (χ3v) is 4.24. The number of hydrogen-bond acceptors (Lipinski definition) is 4. The summed E-state index contributed by atoms with van der Waals surface area (Å²) in [6.45, 7) is 5.52. The van der Waals surface area contributed by atoms with Gasteiger partial charge in [0.2, 0.25) is 5.91 Å². The third-order valence-electron chi connectivity index (χ3n) is 4.24. The fourth-order valence-corrected chi connectivity index (χ4v) is 3.17. The van der Waals surface area contributed by atoms with E-state index in [0.717, 1.165) is 45.3 Å². The first-order valence-corrected chi connectivity index (χ1v) is 7.60. The molecule has 2 fully saturated rings. The van der Waals surface area contributed by atoms with E-state index in [2.05, 4.69) is 15.5 Å². The first-order valence-electron chi connectivity index (χ1n) is 7.60. The quantitative estimate of drug-likeness (QED) is 0.662. The molecule has 2 rings (SSSR count). The molecule has 5 nitrogen and oxygen atoms in total. The van der Waals surface area contributed by atoms with Crippen molar-refractivity contribution in [2.45, 2.75) is 57.2 Å². The van der Waals surface area contributed by atoms with Gasteiger partial charge in [-0.3, -0.25) is 9.69 Å². The Morgan fingerprint density at radius 1 is 1.42 bits per heavy atom. The minimum absolute atomic E-state index is 0.0529. The van der Waals surface area contributed by atoms with Crippen molar-refractivity contribution in [2.24, 2.45) is 0 Å². The van der Waals surface area contributed by atoms with Gasteiger partial charge in [-0.2, -0.15) is 0 Å². The topological polar surface area (TPSA) is 64.6 Å². The molecule has 2 unspecified atom stereocenters. The van der Waals surface area contributed by atoms with Crippen molar-refractivity contribution in [3.05, 3.63) is 0 Å². The van der Waals surface area contributed by atoms with Crippen molar-refractivity contribution in [3.63, 3.8) is 0 Å². The highest BCUT2D eigenvalue weighted by molar-refractivity contribution is 5.82. The Labute approximate surface area is 115 Å². The van der Waals surface area contributed by atoms with Crippen LogP contribution >= 0.6 is 0 Å². The predicted molar refractivity (Wildman–Crippen MR) is 74.9 cm³/mol. The summed E-state index contributed by atoms with van der Waals surface area (Å²) in [6.07, 6.45) is 4.69. The first-order chi connectivity index (χ1) is 9.18. The Morgan fingerprint density at radius 3 is 2.84 bits per heavy atom. The lowest BCUT2D eigenvalue weighted by molar-refractivity contribution is -0.126. The van der Waals surface area contributed by atoms with Crippen molar-refractivity contribution < 1.29 is 9.90 Å². The summed E-state index contributed by atoms with van der Waals surface area (Å²) < 4.78 is 0. The Balaban J connectivity index is 1.81. The van der Waals surface area contributed by atoms with Gasteiger partial charge in [-0.25, -0.2) is 0 Å². The van der Waals surface area contributed by atoms with Crippen LogP contribution in [-0.4, -0.2) is 60.3 Å². The van der Waals surface area contributed by atoms with Gasteiger partial charge in [0, 0.05) is 12.6 Å². The molecule has 0 aromatic rings. The lowest BCUT2D eigenvalue weighted by Gasteiger charge is -2.35. The van der Waals surface area contributed by atoms with Gasteiger partial charge >= 0.3 is 0 Å². The maximum Gasteiger partial charge on any atom is 0.237 e. The van der Waals surface area contributed by atoms with Gasteiger partial charge in [-0.15, -0.1) is 0 Å². The van der Waals surface area contributed by atoms with Gasteiger partial charge in [0.05, 0.1) is 12.1 Å². The molecule has 19 heavy (non-hydrogen) atoms. The average Bonchev–Trinajstić information content (AvgIpc) is 2.88. The summed E-state index contributed by atoms with van der Waals surface area (Å²) in [5, 5.41) is 15.6. The highest BCUT2D eigenvalue weighted by Crippen LogP contribution is 2.24. The summed E-state index contributed by atoms with van der Waals surface area (Å²) in [7, 11) is 0. The average molecular weight is 269 g/mol. The van der Waals surface area contributed by atoms with Gasteiger partial charge in [0.1, 0.15) is 0 Å². The Bertz CT molecular complexity index is 290. The zero-order valence-electron chi connectivity index (χ0n) is 11.9. The van der Waals surface area contributed by atoms with Crippen LogP contribution in [0.2, 0.25) is 0 Å². The lowest BCUT2D eigenvalue weighted by Crippen LogP contribution is -2.50. The Kier molecular flexibility index (Phi) is 5.60. The van der Waals surface area contributed by atoms with Crippen LogP contribution in [0.4, 0.5) is 0 Å². The second kappa shape index (κ2) is 7.22. The van der Waals surface area contributed by atoms with Gasteiger partial charge in [-0.1, -0.05) is 0 Å². The molecular weight excluding hydrogens is 242 g/mol. The molecule has 2 saturated heterocycles. The van der Waals surface area contributed by atoms with Gasteiger partial charge in [0.25, 0.3) is 0 Å². The predicted octanol–water partition coefficient (Wildman–Crippen LogP) is 0.0899. The van der Waals surface area contributed by atoms with E-state index in [0.29, 0.717) is 19.0 Å². The van der Waals surface area contributed by atoms with Crippen molar-refractivity contribution in [3.8, 4) is 0 Å². The van der Waals surface area contributed by atoms with Gasteiger partial charge in [0.15, 0.2) is 0 Å². The normalized spacial score (nSPS) is 27.4. The van der Waals surface area contributed by atoms with E-state index in [4.69, 9.17) is 0 Å². The van der Waals surface area contributed by atoms with Crippen LogP contribution in [0.5, 0.6) is 0 Å². The van der Waals surface area contributed by atoms with E-state index in [9.17, 15) is 9.90 Å². The number of nitrogens with zero attached hydrogens (tertiary/aromatic N) is 1. The lowest BCUT2D eigenvalue weighted by atomic mass is 10.0. The van der Waals surface area contributed by atoms with Crippen molar-refractivity contribution >= 4 is 5.91 Å². The zero-order valence-corrected chi connectivity index (χ0v) is 11.9. The number of carbonyl (C=O) groups excluding carboxylic acids is 1. The third kappa shape index (κ3) is 4.16. The summed E-state index contributed by atoms with van der Waals surface area (Å²) >= 11 is 0. The standard InChI is InChI=1S/C14H27N3O2/c1-11(18)4-9-16-14(19)13-3-2-10-17(13)12-5-7-15-8-6-12/h11-13,15,18H,2-10H2,1H3,(H,16,19). The maximum absolute atomic E-state index is 12.2. The second-order valence-corrected chi connectivity index (χ2v) is 5.81. The Hall–Kier alpha value is -0.650. The SMILES string of the molecule is CC(O)CCNC(=O)C1CCCN1C1CCNCC1. The molecule has 110 valence electrons. The van der Waals surface area contributed by atoms with Crippen LogP contribution in [0.25, 0.3) is 0 Å². The van der Waals surface area contributed by atoms with E-state index in [1.54, 1.807) is 6.92 Å². The summed E-state index contributed by atoms with van der Waals surface area (Å²) in [5.41, 5.74) is 0. The monoisotopic (exact) mass is 269 g/mol. The number of carbonyl (C=O) groups is 1. The Morgan fingerprint density at radius 2 is 2.16 bits per heavy atom. The highest BCUT2D eigenvalue weighted by atomic mass is 16.3. The molecule has 0 bridgehead atoms. The van der Waals surface area contributed by atoms with Gasteiger partial charge in [-0.05, 0) is 58.7 Å². The molecule has 3 N–H and O–H groups in total. The van der Waals surface area contributed by atoms with Crippen LogP contribution in [0, 0.1) is 0 Å². The molecule has 0 aliphatic carbocycles. The van der Waals surface area contributed by atoms with E-state index in [1.165, 1.54) is 0 Å². The molecule has 0 aromatic heterocycles. The van der Waals surface area contributed by atoms with Crippen molar-refractivity contribution in [1.82, 2.24) is 15.5 Å². The zero-order chi connectivity index (χ0) is 13.7. The summed E-state index contributed by atoms with van der Waals surface area (Å²) in [4.78, 5) is 14.6. The minimum atomic E-state index is -0.343. The second-order valence-electron chi connectivity index (χ2n) is 5.81. The molecular formula is C14H27N3O2. The minimum Gasteiger partial charge on any atom is -0.393 e. The summed E-state index contributed by atoms with van der Waals surface area (Å²) in [6, 6.07) is 0.619.